The maximum absolute atomic E-state index is 11.8. The third-order valence-corrected chi connectivity index (χ3v) is 3.87. The topological polar surface area (TPSA) is 96.2 Å². The lowest BCUT2D eigenvalue weighted by molar-refractivity contribution is -0.122. The fourth-order valence-corrected chi connectivity index (χ4v) is 3.01. The zero-order chi connectivity index (χ0) is 13.4. The number of piperidine rings is 1. The van der Waals surface area contributed by atoms with Gasteiger partial charge in [0.2, 0.25) is 5.91 Å². The SMILES string of the molecule is Cc1nc(NN)cc(N2CCCC3C(=O)NCC32)n1. The van der Waals surface area contributed by atoms with Gasteiger partial charge in [-0.25, -0.2) is 15.8 Å². The number of amides is 1. The molecule has 2 unspecified atom stereocenters. The smallest absolute Gasteiger partial charge is 0.225 e. The van der Waals surface area contributed by atoms with E-state index in [-0.39, 0.29) is 17.9 Å². The average molecular weight is 262 g/mol. The number of hydrogen-bond donors (Lipinski definition) is 3. The minimum Gasteiger partial charge on any atom is -0.354 e. The first-order chi connectivity index (χ1) is 9.19. The third kappa shape index (κ3) is 2.10. The predicted molar refractivity (Wildman–Crippen MR) is 71.4 cm³/mol. The summed E-state index contributed by atoms with van der Waals surface area (Å²) in [4.78, 5) is 22.6. The van der Waals surface area contributed by atoms with Gasteiger partial charge in [0.1, 0.15) is 17.5 Å². The predicted octanol–water partition coefficient (Wildman–Crippen LogP) is -0.215. The van der Waals surface area contributed by atoms with Crippen molar-refractivity contribution in [3.05, 3.63) is 11.9 Å². The molecule has 3 heterocycles. The number of rotatable bonds is 2. The Morgan fingerprint density at radius 3 is 3.16 bits per heavy atom. The average Bonchev–Trinajstić information content (AvgIpc) is 2.80. The summed E-state index contributed by atoms with van der Waals surface area (Å²) in [5, 5.41) is 2.94. The Bertz CT molecular complexity index is 505. The van der Waals surface area contributed by atoms with Gasteiger partial charge in [-0.2, -0.15) is 0 Å². The fourth-order valence-electron chi connectivity index (χ4n) is 3.01. The van der Waals surface area contributed by atoms with Gasteiger partial charge in [0, 0.05) is 19.2 Å². The van der Waals surface area contributed by atoms with Gasteiger partial charge in [-0.3, -0.25) is 4.79 Å². The van der Waals surface area contributed by atoms with E-state index >= 15 is 0 Å². The van der Waals surface area contributed by atoms with Crippen LogP contribution >= 0.6 is 0 Å². The van der Waals surface area contributed by atoms with Crippen molar-refractivity contribution in [1.82, 2.24) is 15.3 Å². The van der Waals surface area contributed by atoms with Crippen LogP contribution in [0.1, 0.15) is 18.7 Å². The standard InChI is InChI=1S/C12H18N6O/c1-7-15-10(17-13)5-11(16-7)18-4-2-3-8-9(18)6-14-12(8)19/h5,8-9H,2-4,6,13H2,1H3,(H,14,19)(H,15,16,17). The number of fused-ring (bicyclic) bond motifs is 1. The molecule has 19 heavy (non-hydrogen) atoms. The first-order valence-electron chi connectivity index (χ1n) is 6.55. The zero-order valence-corrected chi connectivity index (χ0v) is 10.9. The summed E-state index contributed by atoms with van der Waals surface area (Å²) in [5.41, 5.74) is 2.56. The van der Waals surface area contributed by atoms with Crippen molar-refractivity contribution in [3.63, 3.8) is 0 Å². The van der Waals surface area contributed by atoms with E-state index < -0.39 is 0 Å². The number of carbonyl (C=O) groups excluding carboxylic acids is 1. The largest absolute Gasteiger partial charge is 0.354 e. The first kappa shape index (κ1) is 12.2. The molecule has 2 aliphatic heterocycles. The zero-order valence-electron chi connectivity index (χ0n) is 10.9. The van der Waals surface area contributed by atoms with Gasteiger partial charge in [0.15, 0.2) is 0 Å². The van der Waals surface area contributed by atoms with Gasteiger partial charge in [0.25, 0.3) is 0 Å². The Morgan fingerprint density at radius 1 is 1.53 bits per heavy atom. The molecule has 4 N–H and O–H groups in total. The van der Waals surface area contributed by atoms with E-state index in [0.717, 1.165) is 25.2 Å². The molecular weight excluding hydrogens is 244 g/mol. The summed E-state index contributed by atoms with van der Waals surface area (Å²) in [6.07, 6.45) is 1.96. The Hall–Kier alpha value is -1.89. The lowest BCUT2D eigenvalue weighted by atomic mass is 9.91. The maximum Gasteiger partial charge on any atom is 0.225 e. The highest BCUT2D eigenvalue weighted by Crippen LogP contribution is 2.31. The van der Waals surface area contributed by atoms with Gasteiger partial charge in [-0.15, -0.1) is 0 Å². The number of nitrogen functional groups attached to an aromatic ring is 1. The normalized spacial score (nSPS) is 26.0. The molecule has 0 aromatic carbocycles. The van der Waals surface area contributed by atoms with Crippen LogP contribution < -0.4 is 21.5 Å². The fraction of sp³-hybridized carbons (Fsp3) is 0.583. The molecule has 1 aromatic rings. The van der Waals surface area contributed by atoms with Gasteiger partial charge >= 0.3 is 0 Å². The third-order valence-electron chi connectivity index (χ3n) is 3.87. The lowest BCUT2D eigenvalue weighted by Gasteiger charge is -2.36. The molecule has 2 saturated heterocycles. The van der Waals surface area contributed by atoms with Crippen LogP contribution in [0.2, 0.25) is 0 Å². The number of nitrogens with two attached hydrogens (primary N) is 1. The highest BCUT2D eigenvalue weighted by atomic mass is 16.2. The monoisotopic (exact) mass is 262 g/mol. The molecule has 3 rings (SSSR count). The number of nitrogens with one attached hydrogen (secondary N) is 2. The maximum atomic E-state index is 11.8. The molecule has 2 fully saturated rings. The second-order valence-electron chi connectivity index (χ2n) is 5.06. The molecule has 0 spiro atoms. The van der Waals surface area contributed by atoms with Crippen molar-refractivity contribution in [2.24, 2.45) is 11.8 Å². The van der Waals surface area contributed by atoms with Crippen LogP contribution in [-0.2, 0) is 4.79 Å². The molecule has 7 heteroatoms. The van der Waals surface area contributed by atoms with E-state index in [2.05, 4.69) is 25.6 Å². The number of hydrazine groups is 1. The van der Waals surface area contributed by atoms with Gasteiger partial charge in [-0.1, -0.05) is 0 Å². The summed E-state index contributed by atoms with van der Waals surface area (Å²) in [6.45, 7) is 3.44. The van der Waals surface area contributed by atoms with Crippen molar-refractivity contribution < 1.29 is 4.79 Å². The van der Waals surface area contributed by atoms with Gasteiger partial charge in [-0.05, 0) is 19.8 Å². The van der Waals surface area contributed by atoms with Crippen molar-refractivity contribution in [2.75, 3.05) is 23.4 Å². The Labute approximate surface area is 111 Å². The molecular formula is C12H18N6O. The van der Waals surface area contributed by atoms with Crippen LogP contribution in [0.3, 0.4) is 0 Å². The molecule has 2 aliphatic rings. The number of aryl methyl sites for hydroxylation is 1. The molecule has 2 atom stereocenters. The van der Waals surface area contributed by atoms with Crippen molar-refractivity contribution in [1.29, 1.82) is 0 Å². The molecule has 102 valence electrons. The Morgan fingerprint density at radius 2 is 2.37 bits per heavy atom. The number of nitrogens with zero attached hydrogens (tertiary/aromatic N) is 3. The van der Waals surface area contributed by atoms with Crippen molar-refractivity contribution in [3.8, 4) is 0 Å². The molecule has 0 aliphatic carbocycles. The second kappa shape index (κ2) is 4.65. The molecule has 0 radical (unpaired) electrons. The summed E-state index contributed by atoms with van der Waals surface area (Å²) >= 11 is 0. The van der Waals surface area contributed by atoms with E-state index in [9.17, 15) is 4.79 Å². The van der Waals surface area contributed by atoms with E-state index in [1.165, 1.54) is 0 Å². The van der Waals surface area contributed by atoms with E-state index in [0.29, 0.717) is 18.2 Å². The highest BCUT2D eigenvalue weighted by molar-refractivity contribution is 5.83. The van der Waals surface area contributed by atoms with E-state index in [1.54, 1.807) is 0 Å². The quantitative estimate of drug-likeness (QED) is 0.504. The molecule has 0 bridgehead atoms. The van der Waals surface area contributed by atoms with Gasteiger partial charge < -0.3 is 15.6 Å². The number of aromatic nitrogens is 2. The van der Waals surface area contributed by atoms with Crippen molar-refractivity contribution >= 4 is 17.5 Å². The molecule has 7 nitrogen and oxygen atoms in total. The van der Waals surface area contributed by atoms with Crippen LogP contribution in [0, 0.1) is 12.8 Å². The highest BCUT2D eigenvalue weighted by Gasteiger charge is 2.41. The molecule has 1 aromatic heterocycles. The lowest BCUT2D eigenvalue weighted by Crippen LogP contribution is -2.46. The number of hydrogen-bond acceptors (Lipinski definition) is 6. The second-order valence-corrected chi connectivity index (χ2v) is 5.06. The summed E-state index contributed by atoms with van der Waals surface area (Å²) < 4.78 is 0. The van der Waals surface area contributed by atoms with Crippen LogP contribution in [0.15, 0.2) is 6.07 Å². The van der Waals surface area contributed by atoms with Crippen LogP contribution in [-0.4, -0.2) is 35.0 Å². The van der Waals surface area contributed by atoms with Crippen LogP contribution in [0.4, 0.5) is 11.6 Å². The first-order valence-corrected chi connectivity index (χ1v) is 6.55. The minimum absolute atomic E-state index is 0.0818. The van der Waals surface area contributed by atoms with Crippen molar-refractivity contribution in [2.45, 2.75) is 25.8 Å². The summed E-state index contributed by atoms with van der Waals surface area (Å²) in [5.74, 6) is 7.78. The van der Waals surface area contributed by atoms with Gasteiger partial charge in [0.05, 0.1) is 12.0 Å². The van der Waals surface area contributed by atoms with Crippen LogP contribution in [0.25, 0.3) is 0 Å². The molecule has 0 saturated carbocycles. The molecule has 1 amide bonds. The Balaban J connectivity index is 1.92. The van der Waals surface area contributed by atoms with E-state index in [4.69, 9.17) is 5.84 Å². The number of anilines is 2. The van der Waals surface area contributed by atoms with Crippen LogP contribution in [0.5, 0.6) is 0 Å². The number of carbonyl (C=O) groups is 1. The summed E-state index contributed by atoms with van der Waals surface area (Å²) in [6, 6.07) is 2.03. The summed E-state index contributed by atoms with van der Waals surface area (Å²) in [7, 11) is 0. The minimum atomic E-state index is 0.0818. The Kier molecular flexibility index (Phi) is 2.98. The van der Waals surface area contributed by atoms with E-state index in [1.807, 2.05) is 13.0 Å².